The molecule has 0 aromatic heterocycles. The third-order valence-corrected chi connectivity index (χ3v) is 2.74. The number of esters is 1. The van der Waals surface area contributed by atoms with Crippen LogP contribution in [-0.4, -0.2) is 17.7 Å². The van der Waals surface area contributed by atoms with E-state index >= 15 is 0 Å². The molecule has 1 aromatic carbocycles. The van der Waals surface area contributed by atoms with Crippen molar-refractivity contribution in [3.63, 3.8) is 0 Å². The molecule has 3 heteroatoms. The second-order valence-corrected chi connectivity index (χ2v) is 4.15. The fraction of sp³-hybridized carbons (Fsp3) is 0.312. The van der Waals surface area contributed by atoms with Crippen LogP contribution in [0.1, 0.15) is 32.4 Å². The van der Waals surface area contributed by atoms with Crippen molar-refractivity contribution in [1.29, 1.82) is 0 Å². The summed E-state index contributed by atoms with van der Waals surface area (Å²) in [4.78, 5) is 11.6. The monoisotopic (exact) mass is 260 g/mol. The van der Waals surface area contributed by atoms with Gasteiger partial charge in [0.1, 0.15) is 6.10 Å². The summed E-state index contributed by atoms with van der Waals surface area (Å²) in [6.07, 6.45) is 2.71. The molecule has 1 unspecified atom stereocenters. The molecule has 0 aliphatic heterocycles. The van der Waals surface area contributed by atoms with Crippen LogP contribution in [-0.2, 0) is 9.53 Å². The lowest BCUT2D eigenvalue weighted by atomic mass is 9.99. The van der Waals surface area contributed by atoms with E-state index in [1.165, 1.54) is 0 Å². The van der Waals surface area contributed by atoms with Gasteiger partial charge in [0.15, 0.2) is 0 Å². The van der Waals surface area contributed by atoms with Gasteiger partial charge in [-0.05, 0) is 38.0 Å². The summed E-state index contributed by atoms with van der Waals surface area (Å²) in [5.74, 6) is -0.359. The molecule has 1 N–H and O–H groups in total. The molecule has 0 radical (unpaired) electrons. The lowest BCUT2D eigenvalue weighted by Gasteiger charge is -2.13. The molecule has 0 spiro atoms. The number of aliphatic hydroxyl groups is 1. The SMILES string of the molecule is C/C=C(/C=C(\C)C(=O)OCC)C(O)c1ccccc1. The van der Waals surface area contributed by atoms with Gasteiger partial charge >= 0.3 is 5.97 Å². The summed E-state index contributed by atoms with van der Waals surface area (Å²) in [7, 11) is 0. The van der Waals surface area contributed by atoms with E-state index in [1.807, 2.05) is 37.3 Å². The van der Waals surface area contributed by atoms with Crippen LogP contribution in [0.2, 0.25) is 0 Å². The van der Waals surface area contributed by atoms with Crippen LogP contribution >= 0.6 is 0 Å². The smallest absolute Gasteiger partial charge is 0.333 e. The first-order chi connectivity index (χ1) is 9.10. The lowest BCUT2D eigenvalue weighted by molar-refractivity contribution is -0.138. The van der Waals surface area contributed by atoms with Gasteiger partial charge in [-0.3, -0.25) is 0 Å². The molecule has 0 saturated heterocycles. The largest absolute Gasteiger partial charge is 0.463 e. The van der Waals surface area contributed by atoms with Crippen molar-refractivity contribution in [2.45, 2.75) is 26.9 Å². The molecular weight excluding hydrogens is 240 g/mol. The van der Waals surface area contributed by atoms with Gasteiger partial charge < -0.3 is 9.84 Å². The van der Waals surface area contributed by atoms with E-state index in [9.17, 15) is 9.90 Å². The van der Waals surface area contributed by atoms with Gasteiger partial charge in [-0.1, -0.05) is 36.4 Å². The van der Waals surface area contributed by atoms with Crippen LogP contribution in [0.3, 0.4) is 0 Å². The molecule has 0 aliphatic rings. The first-order valence-electron chi connectivity index (χ1n) is 6.34. The zero-order chi connectivity index (χ0) is 14.3. The fourth-order valence-corrected chi connectivity index (χ4v) is 1.70. The molecule has 1 aromatic rings. The van der Waals surface area contributed by atoms with E-state index in [0.717, 1.165) is 5.56 Å². The summed E-state index contributed by atoms with van der Waals surface area (Å²) >= 11 is 0. The van der Waals surface area contributed by atoms with Crippen molar-refractivity contribution >= 4 is 5.97 Å². The highest BCUT2D eigenvalue weighted by Crippen LogP contribution is 2.23. The van der Waals surface area contributed by atoms with E-state index in [-0.39, 0.29) is 5.97 Å². The predicted molar refractivity (Wildman–Crippen MR) is 75.5 cm³/mol. The van der Waals surface area contributed by atoms with Crippen molar-refractivity contribution in [2.75, 3.05) is 6.61 Å². The molecule has 0 heterocycles. The Hall–Kier alpha value is -1.87. The minimum Gasteiger partial charge on any atom is -0.463 e. The summed E-state index contributed by atoms with van der Waals surface area (Å²) in [6.45, 7) is 5.62. The Bertz CT molecular complexity index is 472. The standard InChI is InChI=1S/C16H20O3/c1-4-13(11-12(3)16(18)19-5-2)15(17)14-9-7-6-8-10-14/h4,6-11,15,17H,5H2,1-3H3/b12-11+,13-4-. The fourth-order valence-electron chi connectivity index (χ4n) is 1.70. The Balaban J connectivity index is 2.91. The minimum absolute atomic E-state index is 0.344. The zero-order valence-corrected chi connectivity index (χ0v) is 11.6. The van der Waals surface area contributed by atoms with Gasteiger partial charge in [-0.15, -0.1) is 0 Å². The Morgan fingerprint density at radius 2 is 2.00 bits per heavy atom. The molecule has 102 valence electrons. The molecule has 0 aliphatic carbocycles. The number of allylic oxidation sites excluding steroid dienone is 1. The minimum atomic E-state index is -0.740. The van der Waals surface area contributed by atoms with Gasteiger partial charge in [-0.25, -0.2) is 4.79 Å². The second kappa shape index (κ2) is 7.54. The maximum atomic E-state index is 11.6. The number of hydrogen-bond acceptors (Lipinski definition) is 3. The van der Waals surface area contributed by atoms with E-state index in [1.54, 1.807) is 26.0 Å². The molecule has 0 bridgehead atoms. The van der Waals surface area contributed by atoms with Crippen molar-refractivity contribution < 1.29 is 14.6 Å². The Labute approximate surface area is 114 Å². The average molecular weight is 260 g/mol. The van der Waals surface area contributed by atoms with Crippen molar-refractivity contribution in [1.82, 2.24) is 0 Å². The molecule has 3 nitrogen and oxygen atoms in total. The highest BCUT2D eigenvalue weighted by Gasteiger charge is 2.13. The molecule has 0 saturated carbocycles. The van der Waals surface area contributed by atoms with Crippen LogP contribution in [0.25, 0.3) is 0 Å². The maximum Gasteiger partial charge on any atom is 0.333 e. The van der Waals surface area contributed by atoms with Crippen LogP contribution in [0.5, 0.6) is 0 Å². The van der Waals surface area contributed by atoms with Gasteiger partial charge in [0.25, 0.3) is 0 Å². The number of benzene rings is 1. The molecule has 0 amide bonds. The van der Waals surface area contributed by atoms with E-state index in [4.69, 9.17) is 4.74 Å². The van der Waals surface area contributed by atoms with E-state index in [0.29, 0.717) is 17.8 Å². The third kappa shape index (κ3) is 4.38. The van der Waals surface area contributed by atoms with Crippen molar-refractivity contribution in [3.05, 3.63) is 59.2 Å². The molecule has 1 atom stereocenters. The maximum absolute atomic E-state index is 11.6. The Kier molecular flexibility index (Phi) is 6.03. The predicted octanol–water partition coefficient (Wildman–Crippen LogP) is 3.18. The van der Waals surface area contributed by atoms with Crippen molar-refractivity contribution in [3.8, 4) is 0 Å². The van der Waals surface area contributed by atoms with Crippen LogP contribution in [0.15, 0.2) is 53.6 Å². The van der Waals surface area contributed by atoms with E-state index in [2.05, 4.69) is 0 Å². The molecule has 19 heavy (non-hydrogen) atoms. The number of carbonyl (C=O) groups excluding carboxylic acids is 1. The van der Waals surface area contributed by atoms with Gasteiger partial charge in [0.2, 0.25) is 0 Å². The molecule has 0 fully saturated rings. The first kappa shape index (κ1) is 15.2. The van der Waals surface area contributed by atoms with Crippen molar-refractivity contribution in [2.24, 2.45) is 0 Å². The first-order valence-corrected chi connectivity index (χ1v) is 6.34. The van der Waals surface area contributed by atoms with Gasteiger partial charge in [0.05, 0.1) is 6.61 Å². The van der Waals surface area contributed by atoms with Gasteiger partial charge in [-0.2, -0.15) is 0 Å². The Morgan fingerprint density at radius 3 is 2.53 bits per heavy atom. The topological polar surface area (TPSA) is 46.5 Å². The number of aliphatic hydroxyl groups excluding tert-OH is 1. The van der Waals surface area contributed by atoms with Crippen LogP contribution < -0.4 is 0 Å². The molecular formula is C16H20O3. The number of hydrogen-bond donors (Lipinski definition) is 1. The Morgan fingerprint density at radius 1 is 1.37 bits per heavy atom. The lowest BCUT2D eigenvalue weighted by Crippen LogP contribution is -2.07. The third-order valence-electron chi connectivity index (χ3n) is 2.74. The summed E-state index contributed by atoms with van der Waals surface area (Å²) in [5.41, 5.74) is 1.95. The number of ether oxygens (including phenoxy) is 1. The summed E-state index contributed by atoms with van der Waals surface area (Å²) in [6, 6.07) is 9.33. The van der Waals surface area contributed by atoms with E-state index < -0.39 is 6.10 Å². The normalized spacial score (nSPS) is 14.1. The summed E-state index contributed by atoms with van der Waals surface area (Å²) < 4.78 is 4.92. The highest BCUT2D eigenvalue weighted by atomic mass is 16.5. The average Bonchev–Trinajstić information content (AvgIpc) is 2.45. The van der Waals surface area contributed by atoms with Crippen LogP contribution in [0.4, 0.5) is 0 Å². The van der Waals surface area contributed by atoms with Gasteiger partial charge in [0, 0.05) is 5.57 Å². The number of carbonyl (C=O) groups is 1. The number of rotatable bonds is 5. The highest BCUT2D eigenvalue weighted by molar-refractivity contribution is 5.88. The quantitative estimate of drug-likeness (QED) is 0.502. The van der Waals surface area contributed by atoms with Crippen LogP contribution in [0, 0.1) is 0 Å². The molecule has 1 rings (SSSR count). The second-order valence-electron chi connectivity index (χ2n) is 4.15. The zero-order valence-electron chi connectivity index (χ0n) is 11.6. The summed E-state index contributed by atoms with van der Waals surface area (Å²) in [5, 5.41) is 10.3.